The van der Waals surface area contributed by atoms with Crippen molar-refractivity contribution in [2.45, 2.75) is 0 Å². The van der Waals surface area contributed by atoms with Crippen LogP contribution in [-0.2, 0) is 4.79 Å². The summed E-state index contributed by atoms with van der Waals surface area (Å²) in [7, 11) is 0. The summed E-state index contributed by atoms with van der Waals surface area (Å²) >= 11 is 0. The van der Waals surface area contributed by atoms with Crippen molar-refractivity contribution in [3.05, 3.63) is 29.8 Å². The number of anilines is 2. The Morgan fingerprint density at radius 3 is 2.42 bits per heavy atom. The van der Waals surface area contributed by atoms with E-state index in [1.165, 1.54) is 0 Å². The fraction of sp³-hybridized carbons (Fsp3) is 0.312. The van der Waals surface area contributed by atoms with Crippen LogP contribution in [0.5, 0.6) is 5.75 Å². The van der Waals surface area contributed by atoms with Crippen LogP contribution >= 0.6 is 0 Å². The van der Waals surface area contributed by atoms with Crippen molar-refractivity contribution >= 4 is 17.5 Å². The van der Waals surface area contributed by atoms with Gasteiger partial charge in [-0.1, -0.05) is 0 Å². The molecule has 10 heteroatoms. The van der Waals surface area contributed by atoms with Gasteiger partial charge in [-0.05, 0) is 12.1 Å². The molecule has 0 bridgehead atoms. The third-order valence-corrected chi connectivity index (χ3v) is 4.19. The molecular formula is C16H17F2N5O3. The normalized spacial score (nSPS) is 15.2. The van der Waals surface area contributed by atoms with Crippen molar-refractivity contribution in [2.24, 2.45) is 0 Å². The predicted molar refractivity (Wildman–Crippen MR) is 89.8 cm³/mol. The molecule has 1 saturated heterocycles. The summed E-state index contributed by atoms with van der Waals surface area (Å²) in [6, 6.07) is 3.06. The van der Waals surface area contributed by atoms with Crippen LogP contribution in [0.2, 0.25) is 0 Å². The molecular weight excluding hydrogens is 348 g/mol. The lowest BCUT2D eigenvalue weighted by Gasteiger charge is -2.35. The molecule has 1 aliphatic heterocycles. The Hall–Kier alpha value is -3.01. The maximum absolute atomic E-state index is 13.5. The molecule has 0 spiro atoms. The second-order valence-corrected chi connectivity index (χ2v) is 5.94. The Kier molecular flexibility index (Phi) is 4.85. The van der Waals surface area contributed by atoms with E-state index in [-0.39, 0.29) is 23.6 Å². The molecule has 0 unspecified atom stereocenters. The first kappa shape index (κ1) is 17.8. The van der Waals surface area contributed by atoms with Crippen molar-refractivity contribution < 1.29 is 23.8 Å². The largest absolute Gasteiger partial charge is 0.507 e. The van der Waals surface area contributed by atoms with E-state index in [9.17, 15) is 18.7 Å². The van der Waals surface area contributed by atoms with E-state index < -0.39 is 23.4 Å². The molecule has 0 radical (unpaired) electrons. The molecule has 3 rings (SSSR count). The highest BCUT2D eigenvalue weighted by Gasteiger charge is 2.22. The van der Waals surface area contributed by atoms with Gasteiger partial charge in [0.05, 0.1) is 17.9 Å². The molecule has 1 aliphatic rings. The van der Waals surface area contributed by atoms with Gasteiger partial charge in [0.2, 0.25) is 0 Å². The zero-order chi connectivity index (χ0) is 18.8. The van der Waals surface area contributed by atoms with Crippen LogP contribution < -0.4 is 10.6 Å². The summed E-state index contributed by atoms with van der Waals surface area (Å²) in [5.41, 5.74) is 6.58. The molecule has 2 aromatic rings. The number of halogens is 2. The average Bonchev–Trinajstić information content (AvgIpc) is 2.59. The van der Waals surface area contributed by atoms with E-state index in [0.29, 0.717) is 37.9 Å². The van der Waals surface area contributed by atoms with E-state index in [4.69, 9.17) is 10.8 Å². The van der Waals surface area contributed by atoms with E-state index in [0.717, 1.165) is 6.07 Å². The first-order valence-corrected chi connectivity index (χ1v) is 7.86. The Balaban J connectivity index is 1.85. The van der Waals surface area contributed by atoms with Gasteiger partial charge in [0.25, 0.3) is 0 Å². The summed E-state index contributed by atoms with van der Waals surface area (Å²) < 4.78 is 26.7. The lowest BCUT2D eigenvalue weighted by Crippen LogP contribution is -2.48. The van der Waals surface area contributed by atoms with Gasteiger partial charge in [-0.3, -0.25) is 9.69 Å². The van der Waals surface area contributed by atoms with Crippen LogP contribution in [0.4, 0.5) is 20.3 Å². The Morgan fingerprint density at radius 1 is 1.12 bits per heavy atom. The summed E-state index contributed by atoms with van der Waals surface area (Å²) in [5.74, 6) is -3.47. The topological polar surface area (TPSA) is 116 Å². The van der Waals surface area contributed by atoms with Gasteiger partial charge in [-0.25, -0.2) is 8.78 Å². The third kappa shape index (κ3) is 3.64. The summed E-state index contributed by atoms with van der Waals surface area (Å²) in [6.07, 6.45) is 0. The van der Waals surface area contributed by atoms with Gasteiger partial charge in [-0.15, -0.1) is 10.2 Å². The monoisotopic (exact) mass is 365 g/mol. The number of nitrogens with zero attached hydrogens (tertiary/aromatic N) is 4. The molecule has 0 saturated carbocycles. The van der Waals surface area contributed by atoms with Crippen molar-refractivity contribution in [1.29, 1.82) is 0 Å². The molecule has 8 nitrogen and oxygen atoms in total. The highest BCUT2D eigenvalue weighted by Crippen LogP contribution is 2.33. The summed E-state index contributed by atoms with van der Waals surface area (Å²) in [4.78, 5) is 14.5. The van der Waals surface area contributed by atoms with Crippen LogP contribution in [-0.4, -0.2) is 64.0 Å². The van der Waals surface area contributed by atoms with Crippen molar-refractivity contribution in [3.63, 3.8) is 0 Å². The lowest BCUT2D eigenvalue weighted by atomic mass is 10.1. The summed E-state index contributed by atoms with van der Waals surface area (Å²) in [6.45, 7) is 2.06. The van der Waals surface area contributed by atoms with Crippen molar-refractivity contribution in [3.8, 4) is 17.0 Å². The second kappa shape index (κ2) is 7.08. The number of nitrogens with two attached hydrogens (primary N) is 1. The number of benzene rings is 1. The zero-order valence-electron chi connectivity index (χ0n) is 13.7. The number of hydrogen-bond donors (Lipinski definition) is 3. The number of carboxylic acids is 1. The summed E-state index contributed by atoms with van der Waals surface area (Å²) in [5, 5.41) is 26.4. The molecule has 4 N–H and O–H groups in total. The van der Waals surface area contributed by atoms with Gasteiger partial charge in [-0.2, -0.15) is 0 Å². The minimum atomic E-state index is -1.16. The molecule has 1 aromatic carbocycles. The number of piperazine rings is 1. The number of hydrogen-bond acceptors (Lipinski definition) is 7. The second-order valence-electron chi connectivity index (χ2n) is 5.94. The molecule has 0 atom stereocenters. The molecule has 1 aromatic heterocycles. The SMILES string of the molecule is Nc1nnc(-c2cc(F)c(F)cc2O)cc1N1CCN(CC(=O)O)CC1. The van der Waals surface area contributed by atoms with Crippen molar-refractivity contribution in [1.82, 2.24) is 15.1 Å². The van der Waals surface area contributed by atoms with Crippen LogP contribution in [0.25, 0.3) is 11.3 Å². The number of phenolic OH excluding ortho intramolecular Hbond substituents is 1. The van der Waals surface area contributed by atoms with Crippen molar-refractivity contribution in [2.75, 3.05) is 43.4 Å². The van der Waals surface area contributed by atoms with Crippen LogP contribution in [0.3, 0.4) is 0 Å². The zero-order valence-corrected chi connectivity index (χ0v) is 13.7. The van der Waals surface area contributed by atoms with E-state index >= 15 is 0 Å². The molecule has 26 heavy (non-hydrogen) atoms. The van der Waals surface area contributed by atoms with Crippen LogP contribution in [0.1, 0.15) is 0 Å². The van der Waals surface area contributed by atoms with Crippen LogP contribution in [0, 0.1) is 11.6 Å². The number of aliphatic carboxylic acids is 1. The first-order valence-electron chi connectivity index (χ1n) is 7.86. The van der Waals surface area contributed by atoms with E-state index in [2.05, 4.69) is 10.2 Å². The number of carboxylic acid groups (broad SMARTS) is 1. The van der Waals surface area contributed by atoms with E-state index in [1.54, 1.807) is 11.0 Å². The standard InChI is InChI=1S/C16H17F2N5O3/c17-10-5-9(14(24)6-11(10)18)12-7-13(16(19)21-20-12)23-3-1-22(2-4-23)8-15(25)26/h5-7,24H,1-4,8H2,(H2,19,21)(H,25,26). The number of nitrogen functional groups attached to an aromatic ring is 1. The lowest BCUT2D eigenvalue weighted by molar-refractivity contribution is -0.138. The third-order valence-electron chi connectivity index (χ3n) is 4.19. The van der Waals surface area contributed by atoms with Gasteiger partial charge in [0, 0.05) is 37.8 Å². The minimum Gasteiger partial charge on any atom is -0.507 e. The molecule has 1 fully saturated rings. The quantitative estimate of drug-likeness (QED) is 0.732. The predicted octanol–water partition coefficient (Wildman–Crippen LogP) is 0.916. The molecule has 0 amide bonds. The highest BCUT2D eigenvalue weighted by molar-refractivity contribution is 5.74. The van der Waals surface area contributed by atoms with Gasteiger partial charge in [0.15, 0.2) is 17.5 Å². The fourth-order valence-electron chi connectivity index (χ4n) is 2.86. The number of aromatic nitrogens is 2. The maximum Gasteiger partial charge on any atom is 0.317 e. The Morgan fingerprint density at radius 2 is 1.77 bits per heavy atom. The number of rotatable bonds is 4. The highest BCUT2D eigenvalue weighted by atomic mass is 19.2. The van der Waals surface area contributed by atoms with Gasteiger partial charge in [0.1, 0.15) is 5.75 Å². The Bertz CT molecular complexity index is 841. The average molecular weight is 365 g/mol. The minimum absolute atomic E-state index is 0.00200. The fourth-order valence-corrected chi connectivity index (χ4v) is 2.86. The molecule has 138 valence electrons. The molecule has 2 heterocycles. The van der Waals surface area contributed by atoms with Crippen LogP contribution in [0.15, 0.2) is 18.2 Å². The smallest absolute Gasteiger partial charge is 0.317 e. The number of carbonyl (C=O) groups is 1. The maximum atomic E-state index is 13.5. The molecule has 0 aliphatic carbocycles. The van der Waals surface area contributed by atoms with Gasteiger partial charge >= 0.3 is 5.97 Å². The Labute approximate surface area is 147 Å². The number of phenols is 1. The van der Waals surface area contributed by atoms with E-state index in [1.807, 2.05) is 4.90 Å². The van der Waals surface area contributed by atoms with Gasteiger partial charge < -0.3 is 20.8 Å². The number of aromatic hydroxyl groups is 1. The first-order chi connectivity index (χ1) is 12.3.